The predicted octanol–water partition coefficient (Wildman–Crippen LogP) is 2.93. The standard InChI is InChI=1S/C15H14O6S/c1-3-19-14(17)11-9(12(16)10-6-5-7-21-10)8-22-13(11)15(18)20-4-2/h5-8H,3-4H2,1-2H3. The first-order valence-electron chi connectivity index (χ1n) is 6.64. The van der Waals surface area contributed by atoms with Crippen LogP contribution >= 0.6 is 11.3 Å². The van der Waals surface area contributed by atoms with Gasteiger partial charge in [0.2, 0.25) is 5.78 Å². The first kappa shape index (κ1) is 16.0. The van der Waals surface area contributed by atoms with E-state index in [1.165, 1.54) is 17.7 Å². The normalized spacial score (nSPS) is 10.3. The Labute approximate surface area is 130 Å². The molecule has 0 saturated heterocycles. The molecule has 6 nitrogen and oxygen atoms in total. The van der Waals surface area contributed by atoms with Crippen molar-refractivity contribution < 1.29 is 28.3 Å². The Morgan fingerprint density at radius 2 is 1.82 bits per heavy atom. The van der Waals surface area contributed by atoms with Crippen molar-refractivity contribution in [3.8, 4) is 0 Å². The quantitative estimate of drug-likeness (QED) is 0.600. The molecule has 2 heterocycles. The van der Waals surface area contributed by atoms with Crippen molar-refractivity contribution in [1.29, 1.82) is 0 Å². The molecule has 0 fully saturated rings. The molecule has 0 aromatic carbocycles. The van der Waals surface area contributed by atoms with Gasteiger partial charge in [0, 0.05) is 5.38 Å². The van der Waals surface area contributed by atoms with Crippen molar-refractivity contribution in [2.45, 2.75) is 13.8 Å². The van der Waals surface area contributed by atoms with Crippen LogP contribution in [0.3, 0.4) is 0 Å². The molecule has 2 aromatic rings. The summed E-state index contributed by atoms with van der Waals surface area (Å²) in [5, 5.41) is 1.43. The molecule has 7 heteroatoms. The zero-order valence-electron chi connectivity index (χ0n) is 12.1. The maximum absolute atomic E-state index is 12.4. The van der Waals surface area contributed by atoms with Gasteiger partial charge in [-0.3, -0.25) is 4.79 Å². The van der Waals surface area contributed by atoms with Gasteiger partial charge < -0.3 is 13.9 Å². The van der Waals surface area contributed by atoms with Crippen LogP contribution in [0, 0.1) is 0 Å². The molecule has 2 rings (SSSR count). The summed E-state index contributed by atoms with van der Waals surface area (Å²) in [6, 6.07) is 3.05. The van der Waals surface area contributed by atoms with Crippen molar-refractivity contribution >= 4 is 29.1 Å². The molecule has 22 heavy (non-hydrogen) atoms. The SMILES string of the molecule is CCOC(=O)c1scc(C(=O)c2ccco2)c1C(=O)OCC. The highest BCUT2D eigenvalue weighted by Crippen LogP contribution is 2.27. The number of ketones is 1. The number of esters is 2. The largest absolute Gasteiger partial charge is 0.462 e. The van der Waals surface area contributed by atoms with Crippen molar-refractivity contribution in [2.24, 2.45) is 0 Å². The fourth-order valence-electron chi connectivity index (χ4n) is 1.82. The van der Waals surface area contributed by atoms with Gasteiger partial charge in [0.25, 0.3) is 0 Å². The molecule has 0 aliphatic heterocycles. The summed E-state index contributed by atoms with van der Waals surface area (Å²) in [5.74, 6) is -1.80. The number of ether oxygens (including phenoxy) is 2. The molecular weight excluding hydrogens is 308 g/mol. The zero-order chi connectivity index (χ0) is 16.1. The van der Waals surface area contributed by atoms with Crippen LogP contribution in [0.5, 0.6) is 0 Å². The highest BCUT2D eigenvalue weighted by Gasteiger charge is 2.30. The number of rotatable bonds is 6. The third-order valence-corrected chi connectivity index (χ3v) is 3.68. The van der Waals surface area contributed by atoms with Crippen LogP contribution in [-0.2, 0) is 9.47 Å². The minimum Gasteiger partial charge on any atom is -0.462 e. The molecule has 0 spiro atoms. The first-order valence-corrected chi connectivity index (χ1v) is 7.52. The average molecular weight is 322 g/mol. The van der Waals surface area contributed by atoms with Gasteiger partial charge in [-0.1, -0.05) is 0 Å². The molecule has 0 radical (unpaired) electrons. The van der Waals surface area contributed by atoms with Gasteiger partial charge >= 0.3 is 11.9 Å². The van der Waals surface area contributed by atoms with Crippen LogP contribution < -0.4 is 0 Å². The van der Waals surface area contributed by atoms with E-state index in [1.807, 2.05) is 0 Å². The summed E-state index contributed by atoms with van der Waals surface area (Å²) in [6.45, 7) is 3.60. The summed E-state index contributed by atoms with van der Waals surface area (Å²) in [7, 11) is 0. The van der Waals surface area contributed by atoms with Crippen molar-refractivity contribution in [2.75, 3.05) is 13.2 Å². The van der Waals surface area contributed by atoms with Gasteiger partial charge in [-0.25, -0.2) is 9.59 Å². The Morgan fingerprint density at radius 3 is 2.41 bits per heavy atom. The Kier molecular flexibility index (Phi) is 5.11. The average Bonchev–Trinajstić information content (AvgIpc) is 3.16. The molecule has 0 unspecified atom stereocenters. The van der Waals surface area contributed by atoms with Crippen LogP contribution in [0.2, 0.25) is 0 Å². The minimum absolute atomic E-state index is 0.0511. The lowest BCUT2D eigenvalue weighted by molar-refractivity contribution is 0.0482. The second-order valence-corrected chi connectivity index (χ2v) is 4.98. The Bertz CT molecular complexity index is 683. The Morgan fingerprint density at radius 1 is 1.14 bits per heavy atom. The summed E-state index contributed by atoms with van der Waals surface area (Å²) in [4.78, 5) is 36.5. The van der Waals surface area contributed by atoms with Crippen LogP contribution in [0.1, 0.15) is 50.0 Å². The summed E-state index contributed by atoms with van der Waals surface area (Å²) in [5.41, 5.74) is -0.00634. The fraction of sp³-hybridized carbons (Fsp3) is 0.267. The minimum atomic E-state index is -0.735. The number of carbonyl (C=O) groups excluding carboxylic acids is 3. The van der Waals surface area contributed by atoms with Crippen LogP contribution in [0.25, 0.3) is 0 Å². The van der Waals surface area contributed by atoms with Gasteiger partial charge in [-0.15, -0.1) is 11.3 Å². The van der Waals surface area contributed by atoms with Crippen molar-refractivity contribution in [3.05, 3.63) is 45.5 Å². The van der Waals surface area contributed by atoms with Gasteiger partial charge in [0.1, 0.15) is 4.88 Å². The predicted molar refractivity (Wildman–Crippen MR) is 78.4 cm³/mol. The Balaban J connectivity index is 2.48. The molecule has 0 aliphatic carbocycles. The van der Waals surface area contributed by atoms with E-state index in [-0.39, 0.29) is 35.0 Å². The van der Waals surface area contributed by atoms with Crippen LogP contribution in [0.15, 0.2) is 28.2 Å². The molecule has 0 aliphatic rings. The summed E-state index contributed by atoms with van der Waals surface area (Å²) < 4.78 is 14.9. The van der Waals surface area contributed by atoms with E-state index in [4.69, 9.17) is 13.9 Å². The molecular formula is C15H14O6S. The van der Waals surface area contributed by atoms with E-state index in [2.05, 4.69) is 0 Å². The van der Waals surface area contributed by atoms with Crippen molar-refractivity contribution in [1.82, 2.24) is 0 Å². The van der Waals surface area contributed by atoms with E-state index in [0.29, 0.717) is 0 Å². The molecule has 2 aromatic heterocycles. The maximum Gasteiger partial charge on any atom is 0.349 e. The number of hydrogen-bond donors (Lipinski definition) is 0. The van der Waals surface area contributed by atoms with E-state index >= 15 is 0 Å². The smallest absolute Gasteiger partial charge is 0.349 e. The zero-order valence-corrected chi connectivity index (χ0v) is 12.9. The van der Waals surface area contributed by atoms with Gasteiger partial charge in [-0.2, -0.15) is 0 Å². The second kappa shape index (κ2) is 7.04. The molecule has 0 atom stereocenters. The Hall–Kier alpha value is -2.41. The summed E-state index contributed by atoms with van der Waals surface area (Å²) >= 11 is 0.966. The van der Waals surface area contributed by atoms with E-state index in [9.17, 15) is 14.4 Å². The highest BCUT2D eigenvalue weighted by atomic mass is 32.1. The van der Waals surface area contributed by atoms with Crippen molar-refractivity contribution in [3.63, 3.8) is 0 Å². The molecule has 116 valence electrons. The summed E-state index contributed by atoms with van der Waals surface area (Å²) in [6.07, 6.45) is 1.36. The molecule has 0 amide bonds. The van der Waals surface area contributed by atoms with Gasteiger partial charge in [0.15, 0.2) is 5.76 Å². The number of carbonyl (C=O) groups is 3. The highest BCUT2D eigenvalue weighted by molar-refractivity contribution is 7.12. The van der Waals surface area contributed by atoms with Crippen LogP contribution in [-0.4, -0.2) is 30.9 Å². The topological polar surface area (TPSA) is 82.8 Å². The van der Waals surface area contributed by atoms with E-state index in [0.717, 1.165) is 11.3 Å². The molecule has 0 bridgehead atoms. The lowest BCUT2D eigenvalue weighted by Crippen LogP contribution is -2.15. The van der Waals surface area contributed by atoms with E-state index < -0.39 is 17.7 Å². The fourth-order valence-corrected chi connectivity index (χ4v) is 2.75. The number of hydrogen-bond acceptors (Lipinski definition) is 7. The number of thiophene rings is 1. The lowest BCUT2D eigenvalue weighted by Gasteiger charge is -2.05. The molecule has 0 N–H and O–H groups in total. The number of furan rings is 1. The molecule has 0 saturated carbocycles. The first-order chi connectivity index (χ1) is 10.6. The third kappa shape index (κ3) is 3.09. The monoisotopic (exact) mass is 322 g/mol. The van der Waals surface area contributed by atoms with E-state index in [1.54, 1.807) is 19.9 Å². The third-order valence-electron chi connectivity index (χ3n) is 2.72. The maximum atomic E-state index is 12.4. The lowest BCUT2D eigenvalue weighted by atomic mass is 10.1. The van der Waals surface area contributed by atoms with Crippen LogP contribution in [0.4, 0.5) is 0 Å². The van der Waals surface area contributed by atoms with Gasteiger partial charge in [-0.05, 0) is 26.0 Å². The second-order valence-electron chi connectivity index (χ2n) is 4.10. The van der Waals surface area contributed by atoms with Gasteiger partial charge in [0.05, 0.1) is 30.6 Å².